The van der Waals surface area contributed by atoms with Gasteiger partial charge in [-0.3, -0.25) is 0 Å². The molecule has 78 valence electrons. The first-order valence-electron chi connectivity index (χ1n) is 5.38. The molecular formula is C14H16O. The van der Waals surface area contributed by atoms with Gasteiger partial charge in [-0.2, -0.15) is 0 Å². The lowest BCUT2D eigenvalue weighted by molar-refractivity contribution is 0.0629. The molecule has 0 spiro atoms. The zero-order valence-electron chi connectivity index (χ0n) is 8.82. The second kappa shape index (κ2) is 4.03. The van der Waals surface area contributed by atoms with Crippen molar-refractivity contribution in [3.8, 4) is 0 Å². The van der Waals surface area contributed by atoms with Crippen LogP contribution in [-0.2, 0) is 5.60 Å². The topological polar surface area (TPSA) is 20.2 Å². The van der Waals surface area contributed by atoms with Gasteiger partial charge in [-0.05, 0) is 30.4 Å². The van der Waals surface area contributed by atoms with Gasteiger partial charge in [-0.15, -0.1) is 0 Å². The largest absolute Gasteiger partial charge is 0.380 e. The Labute approximate surface area is 90.8 Å². The molecule has 1 aromatic carbocycles. The van der Waals surface area contributed by atoms with Crippen LogP contribution in [0.25, 0.3) is 0 Å². The maximum absolute atomic E-state index is 10.7. The molecule has 0 aromatic heterocycles. The summed E-state index contributed by atoms with van der Waals surface area (Å²) in [6.45, 7) is 3.78. The summed E-state index contributed by atoms with van der Waals surface area (Å²) in [5.41, 5.74) is 1.09. The fraction of sp³-hybridized carbons (Fsp3) is 0.286. The highest BCUT2D eigenvalue weighted by atomic mass is 16.3. The van der Waals surface area contributed by atoms with Gasteiger partial charge in [-0.1, -0.05) is 49.1 Å². The Hall–Kier alpha value is -1.34. The average molecular weight is 200 g/mol. The predicted molar refractivity (Wildman–Crippen MR) is 62.5 cm³/mol. The third kappa shape index (κ3) is 1.75. The third-order valence-electron chi connectivity index (χ3n) is 3.06. The van der Waals surface area contributed by atoms with Crippen molar-refractivity contribution in [1.29, 1.82) is 0 Å². The molecule has 1 heteroatoms. The molecule has 0 amide bonds. The van der Waals surface area contributed by atoms with Crippen LogP contribution in [0.15, 0.2) is 54.6 Å². The second-order valence-corrected chi connectivity index (χ2v) is 3.98. The van der Waals surface area contributed by atoms with Crippen molar-refractivity contribution in [2.45, 2.75) is 24.9 Å². The number of rotatable bonds is 2. The average Bonchev–Trinajstić information content (AvgIpc) is 2.31. The van der Waals surface area contributed by atoms with Gasteiger partial charge in [0.1, 0.15) is 5.60 Å². The van der Waals surface area contributed by atoms with E-state index in [1.807, 2.05) is 30.3 Å². The molecule has 15 heavy (non-hydrogen) atoms. The van der Waals surface area contributed by atoms with Crippen molar-refractivity contribution < 1.29 is 5.11 Å². The molecule has 0 bridgehead atoms. The van der Waals surface area contributed by atoms with E-state index in [0.29, 0.717) is 0 Å². The highest BCUT2D eigenvalue weighted by Gasteiger charge is 2.33. The predicted octanol–water partition coefficient (Wildman–Crippen LogP) is 3.17. The molecule has 1 N–H and O–H groups in total. The van der Waals surface area contributed by atoms with Crippen LogP contribution in [0.5, 0.6) is 0 Å². The highest BCUT2D eigenvalue weighted by molar-refractivity contribution is 5.39. The van der Waals surface area contributed by atoms with Crippen LogP contribution < -0.4 is 0 Å². The van der Waals surface area contributed by atoms with Gasteiger partial charge >= 0.3 is 0 Å². The molecule has 0 fully saturated rings. The van der Waals surface area contributed by atoms with E-state index in [-0.39, 0.29) is 0 Å². The summed E-state index contributed by atoms with van der Waals surface area (Å²) < 4.78 is 0. The molecule has 1 nitrogen and oxygen atoms in total. The first kappa shape index (κ1) is 10.2. The van der Waals surface area contributed by atoms with Crippen molar-refractivity contribution >= 4 is 0 Å². The monoisotopic (exact) mass is 200 g/mol. The zero-order valence-corrected chi connectivity index (χ0v) is 8.82. The second-order valence-electron chi connectivity index (χ2n) is 3.98. The number of aliphatic hydroxyl groups is 1. The van der Waals surface area contributed by atoms with Crippen LogP contribution >= 0.6 is 0 Å². The molecule has 0 saturated heterocycles. The van der Waals surface area contributed by atoms with Gasteiger partial charge in [0.15, 0.2) is 0 Å². The van der Waals surface area contributed by atoms with Crippen LogP contribution in [0.4, 0.5) is 0 Å². The molecule has 1 unspecified atom stereocenters. The van der Waals surface area contributed by atoms with Crippen molar-refractivity contribution in [1.82, 2.24) is 0 Å². The SMILES string of the molecule is C=CC1=CCCCC1(O)c1ccccc1. The molecule has 0 aliphatic heterocycles. The van der Waals surface area contributed by atoms with E-state index in [1.165, 1.54) is 0 Å². The molecule has 1 aliphatic carbocycles. The first-order valence-corrected chi connectivity index (χ1v) is 5.38. The number of hydrogen-bond donors (Lipinski definition) is 1. The van der Waals surface area contributed by atoms with Crippen molar-refractivity contribution in [3.63, 3.8) is 0 Å². The molecule has 1 aromatic rings. The minimum atomic E-state index is -0.818. The van der Waals surface area contributed by atoms with Crippen LogP contribution in [-0.4, -0.2) is 5.11 Å². The fourth-order valence-electron chi connectivity index (χ4n) is 2.21. The van der Waals surface area contributed by atoms with Gasteiger partial charge in [0.05, 0.1) is 0 Å². The third-order valence-corrected chi connectivity index (χ3v) is 3.06. The van der Waals surface area contributed by atoms with Gasteiger partial charge in [0.25, 0.3) is 0 Å². The number of allylic oxidation sites excluding steroid dienone is 1. The molecule has 0 heterocycles. The quantitative estimate of drug-likeness (QED) is 0.777. The van der Waals surface area contributed by atoms with Crippen LogP contribution in [0.1, 0.15) is 24.8 Å². The summed E-state index contributed by atoms with van der Waals surface area (Å²) in [6.07, 6.45) is 6.71. The summed E-state index contributed by atoms with van der Waals surface area (Å²) in [6, 6.07) is 9.84. The lowest BCUT2D eigenvalue weighted by Crippen LogP contribution is -2.29. The van der Waals surface area contributed by atoms with E-state index in [9.17, 15) is 5.11 Å². The summed E-state index contributed by atoms with van der Waals surface area (Å²) in [5.74, 6) is 0. The van der Waals surface area contributed by atoms with Gasteiger partial charge in [0, 0.05) is 0 Å². The Morgan fingerprint density at radius 1 is 1.27 bits per heavy atom. The van der Waals surface area contributed by atoms with Gasteiger partial charge in [0.2, 0.25) is 0 Å². The Balaban J connectivity index is 2.45. The van der Waals surface area contributed by atoms with E-state index in [1.54, 1.807) is 6.08 Å². The summed E-state index contributed by atoms with van der Waals surface area (Å²) in [4.78, 5) is 0. The lowest BCUT2D eigenvalue weighted by atomic mass is 9.78. The number of hydrogen-bond acceptors (Lipinski definition) is 1. The van der Waals surface area contributed by atoms with E-state index < -0.39 is 5.60 Å². The van der Waals surface area contributed by atoms with Crippen molar-refractivity contribution in [2.75, 3.05) is 0 Å². The summed E-state index contributed by atoms with van der Waals surface area (Å²) in [7, 11) is 0. The minimum absolute atomic E-state index is 0.787. The van der Waals surface area contributed by atoms with E-state index in [2.05, 4.69) is 12.7 Å². The van der Waals surface area contributed by atoms with Gasteiger partial charge < -0.3 is 5.11 Å². The van der Waals surface area contributed by atoms with Crippen molar-refractivity contribution in [3.05, 3.63) is 60.2 Å². The highest BCUT2D eigenvalue weighted by Crippen LogP contribution is 2.38. The maximum atomic E-state index is 10.7. The van der Waals surface area contributed by atoms with Crippen LogP contribution in [0.3, 0.4) is 0 Å². The summed E-state index contributed by atoms with van der Waals surface area (Å²) in [5, 5.41) is 10.7. The van der Waals surface area contributed by atoms with E-state index >= 15 is 0 Å². The smallest absolute Gasteiger partial charge is 0.114 e. The van der Waals surface area contributed by atoms with E-state index in [0.717, 1.165) is 30.4 Å². The zero-order chi connectivity index (χ0) is 10.7. The van der Waals surface area contributed by atoms with Crippen LogP contribution in [0, 0.1) is 0 Å². The van der Waals surface area contributed by atoms with Crippen molar-refractivity contribution in [2.24, 2.45) is 0 Å². The Morgan fingerprint density at radius 3 is 2.67 bits per heavy atom. The van der Waals surface area contributed by atoms with E-state index in [4.69, 9.17) is 0 Å². The van der Waals surface area contributed by atoms with Gasteiger partial charge in [-0.25, -0.2) is 0 Å². The standard InChI is InChI=1S/C14H16O/c1-2-12-8-6-7-11-14(12,15)13-9-4-3-5-10-13/h2-5,8-10,15H,1,6-7,11H2. The minimum Gasteiger partial charge on any atom is -0.380 e. The van der Waals surface area contributed by atoms with Crippen LogP contribution in [0.2, 0.25) is 0 Å². The molecule has 1 atom stereocenters. The molecule has 0 radical (unpaired) electrons. The molecule has 0 saturated carbocycles. The Kier molecular flexibility index (Phi) is 2.74. The summed E-state index contributed by atoms with van der Waals surface area (Å²) >= 11 is 0. The Morgan fingerprint density at radius 2 is 2.00 bits per heavy atom. The normalized spacial score (nSPS) is 25.8. The number of benzene rings is 1. The first-order chi connectivity index (χ1) is 7.27. The maximum Gasteiger partial charge on any atom is 0.114 e. The fourth-order valence-corrected chi connectivity index (χ4v) is 2.21. The lowest BCUT2D eigenvalue weighted by Gasteiger charge is -2.33. The molecular weight excluding hydrogens is 184 g/mol. The Bertz CT molecular complexity index is 378. The molecule has 2 rings (SSSR count). The molecule has 1 aliphatic rings.